The van der Waals surface area contributed by atoms with Gasteiger partial charge in [-0.3, -0.25) is 29.3 Å². The van der Waals surface area contributed by atoms with Gasteiger partial charge in [0.15, 0.2) is 0 Å². The Labute approximate surface area is 164 Å². The summed E-state index contributed by atoms with van der Waals surface area (Å²) in [6.45, 7) is 7.70. The molecule has 0 aliphatic carbocycles. The first kappa shape index (κ1) is 20.2. The van der Waals surface area contributed by atoms with Crippen molar-refractivity contribution in [1.29, 1.82) is 0 Å². The van der Waals surface area contributed by atoms with Crippen LogP contribution in [0, 0.1) is 24.0 Å². The van der Waals surface area contributed by atoms with Crippen LogP contribution in [0.5, 0.6) is 0 Å². The molecule has 2 amide bonds. The predicted octanol–water partition coefficient (Wildman–Crippen LogP) is 0.565. The molecule has 0 saturated carbocycles. The van der Waals surface area contributed by atoms with Crippen molar-refractivity contribution >= 4 is 17.5 Å². The molecule has 10 heteroatoms. The summed E-state index contributed by atoms with van der Waals surface area (Å²) in [6.07, 6.45) is 3.36. The monoisotopic (exact) mass is 392 g/mol. The minimum Gasteiger partial charge on any atom is -0.342 e. The first-order valence-corrected chi connectivity index (χ1v) is 9.83. The topological polar surface area (TPSA) is 105 Å². The minimum absolute atomic E-state index is 0.00672. The van der Waals surface area contributed by atoms with Gasteiger partial charge in [0.25, 0.3) is 0 Å². The van der Waals surface area contributed by atoms with Crippen LogP contribution >= 0.6 is 0 Å². The zero-order valence-electron chi connectivity index (χ0n) is 16.6. The van der Waals surface area contributed by atoms with Crippen LogP contribution in [0.2, 0.25) is 0 Å². The molecule has 1 aromatic rings. The van der Waals surface area contributed by atoms with Gasteiger partial charge in [0.05, 0.1) is 11.5 Å². The summed E-state index contributed by atoms with van der Waals surface area (Å²) in [5, 5.41) is 15.2. The Morgan fingerprint density at radius 2 is 1.50 bits per heavy atom. The summed E-state index contributed by atoms with van der Waals surface area (Å²) in [7, 11) is 0. The number of rotatable bonds is 5. The van der Waals surface area contributed by atoms with Gasteiger partial charge in [-0.2, -0.15) is 5.10 Å². The van der Waals surface area contributed by atoms with E-state index < -0.39 is 4.92 Å². The fraction of sp³-hybridized carbons (Fsp3) is 0.722. The van der Waals surface area contributed by atoms with Gasteiger partial charge >= 0.3 is 5.69 Å². The van der Waals surface area contributed by atoms with Crippen molar-refractivity contribution < 1.29 is 14.5 Å². The lowest BCUT2D eigenvalue weighted by Gasteiger charge is -2.36. The minimum atomic E-state index is -0.462. The van der Waals surface area contributed by atoms with Crippen LogP contribution in [0.4, 0.5) is 5.69 Å². The summed E-state index contributed by atoms with van der Waals surface area (Å²) in [5.74, 6) is 0.0666. The lowest BCUT2D eigenvalue weighted by atomic mass is 10.1. The van der Waals surface area contributed by atoms with Crippen LogP contribution in [0.15, 0.2) is 0 Å². The number of nitrogens with zero attached hydrogens (tertiary/aromatic N) is 6. The third-order valence-corrected chi connectivity index (χ3v) is 5.60. The molecule has 0 atom stereocenters. The van der Waals surface area contributed by atoms with E-state index in [1.807, 2.05) is 4.90 Å². The summed E-state index contributed by atoms with van der Waals surface area (Å²) in [4.78, 5) is 41.4. The number of aromatic nitrogens is 2. The van der Waals surface area contributed by atoms with Gasteiger partial charge in [0.2, 0.25) is 11.8 Å². The number of carbonyl (C=O) groups excluding carboxylic acids is 2. The van der Waals surface area contributed by atoms with Crippen molar-refractivity contribution in [2.75, 3.05) is 45.8 Å². The second kappa shape index (κ2) is 8.68. The van der Waals surface area contributed by atoms with E-state index in [4.69, 9.17) is 0 Å². The summed E-state index contributed by atoms with van der Waals surface area (Å²) in [6, 6.07) is 0. The SMILES string of the molecule is Cc1nn(CC(=O)N2CCN(CC(=O)N3CCCCC3)CC2)c(C)c1[N+](=O)[O-]. The highest BCUT2D eigenvalue weighted by Crippen LogP contribution is 2.21. The molecule has 2 saturated heterocycles. The molecule has 0 spiro atoms. The fourth-order valence-corrected chi connectivity index (χ4v) is 3.92. The zero-order chi connectivity index (χ0) is 20.3. The van der Waals surface area contributed by atoms with Crippen LogP contribution in [-0.4, -0.2) is 87.0 Å². The van der Waals surface area contributed by atoms with E-state index in [-0.39, 0.29) is 24.0 Å². The number of nitro groups is 1. The molecule has 0 N–H and O–H groups in total. The van der Waals surface area contributed by atoms with E-state index in [1.54, 1.807) is 18.7 Å². The average Bonchev–Trinajstić information content (AvgIpc) is 2.96. The maximum Gasteiger partial charge on any atom is 0.312 e. The van der Waals surface area contributed by atoms with Crippen LogP contribution < -0.4 is 0 Å². The number of piperidine rings is 1. The van der Waals surface area contributed by atoms with Gasteiger partial charge in [-0.1, -0.05) is 0 Å². The number of aryl methyl sites for hydroxylation is 1. The van der Waals surface area contributed by atoms with Gasteiger partial charge < -0.3 is 9.80 Å². The molecule has 28 heavy (non-hydrogen) atoms. The first-order chi connectivity index (χ1) is 13.4. The Hall–Kier alpha value is -2.49. The molecule has 1 aromatic heterocycles. The van der Waals surface area contributed by atoms with E-state index in [0.717, 1.165) is 25.9 Å². The summed E-state index contributed by atoms with van der Waals surface area (Å²) < 4.78 is 1.40. The predicted molar refractivity (Wildman–Crippen MR) is 102 cm³/mol. The molecular weight excluding hydrogens is 364 g/mol. The summed E-state index contributed by atoms with van der Waals surface area (Å²) >= 11 is 0. The van der Waals surface area contributed by atoms with Crippen LogP contribution in [0.25, 0.3) is 0 Å². The Kier molecular flexibility index (Phi) is 6.28. The van der Waals surface area contributed by atoms with Crippen LogP contribution in [-0.2, 0) is 16.1 Å². The molecule has 0 radical (unpaired) electrons. The molecule has 3 rings (SSSR count). The van der Waals surface area contributed by atoms with Crippen LogP contribution in [0.3, 0.4) is 0 Å². The van der Waals surface area contributed by atoms with E-state index in [0.29, 0.717) is 44.1 Å². The highest BCUT2D eigenvalue weighted by atomic mass is 16.6. The molecule has 0 bridgehead atoms. The Morgan fingerprint density at radius 1 is 0.929 bits per heavy atom. The number of piperazine rings is 1. The molecule has 0 aromatic carbocycles. The second-order valence-corrected chi connectivity index (χ2v) is 7.53. The molecule has 3 heterocycles. The molecule has 2 fully saturated rings. The number of hydrogen-bond acceptors (Lipinski definition) is 6. The first-order valence-electron chi connectivity index (χ1n) is 9.83. The number of likely N-dealkylation sites (tertiary alicyclic amines) is 1. The van der Waals surface area contributed by atoms with Crippen molar-refractivity contribution in [2.45, 2.75) is 39.7 Å². The van der Waals surface area contributed by atoms with Crippen LogP contribution in [0.1, 0.15) is 30.7 Å². The van der Waals surface area contributed by atoms with E-state index in [1.165, 1.54) is 11.1 Å². The summed E-state index contributed by atoms with van der Waals surface area (Å²) in [5.41, 5.74) is 0.673. The maximum absolute atomic E-state index is 12.6. The Bertz CT molecular complexity index is 748. The van der Waals surface area contributed by atoms with Crippen molar-refractivity contribution in [3.63, 3.8) is 0 Å². The lowest BCUT2D eigenvalue weighted by molar-refractivity contribution is -0.386. The molecule has 10 nitrogen and oxygen atoms in total. The van der Waals surface area contributed by atoms with Crippen molar-refractivity contribution in [2.24, 2.45) is 0 Å². The third-order valence-electron chi connectivity index (χ3n) is 5.60. The van der Waals surface area contributed by atoms with E-state index in [2.05, 4.69) is 10.00 Å². The lowest BCUT2D eigenvalue weighted by Crippen LogP contribution is -2.52. The highest BCUT2D eigenvalue weighted by molar-refractivity contribution is 5.78. The van der Waals surface area contributed by atoms with Crippen molar-refractivity contribution in [3.05, 3.63) is 21.5 Å². The fourth-order valence-electron chi connectivity index (χ4n) is 3.92. The molecular formula is C18H28N6O4. The molecule has 0 unspecified atom stereocenters. The largest absolute Gasteiger partial charge is 0.342 e. The van der Waals surface area contributed by atoms with Gasteiger partial charge in [-0.15, -0.1) is 0 Å². The molecule has 2 aliphatic rings. The molecule has 154 valence electrons. The standard InChI is InChI=1S/C18H28N6O4/c1-14-18(24(27)28)15(2)23(19-14)13-17(26)22-10-8-20(9-11-22)12-16(25)21-6-4-3-5-7-21/h3-13H2,1-2H3. The number of hydrogen-bond donors (Lipinski definition) is 0. The smallest absolute Gasteiger partial charge is 0.312 e. The van der Waals surface area contributed by atoms with E-state index in [9.17, 15) is 19.7 Å². The van der Waals surface area contributed by atoms with Gasteiger partial charge in [0.1, 0.15) is 17.9 Å². The van der Waals surface area contributed by atoms with Gasteiger partial charge in [-0.25, -0.2) is 0 Å². The number of amides is 2. The maximum atomic E-state index is 12.6. The highest BCUT2D eigenvalue weighted by Gasteiger charge is 2.27. The quantitative estimate of drug-likeness (QED) is 0.536. The van der Waals surface area contributed by atoms with E-state index >= 15 is 0 Å². The van der Waals surface area contributed by atoms with Crippen molar-refractivity contribution in [3.8, 4) is 0 Å². The van der Waals surface area contributed by atoms with Gasteiger partial charge in [0, 0.05) is 39.3 Å². The number of carbonyl (C=O) groups is 2. The Morgan fingerprint density at radius 3 is 2.07 bits per heavy atom. The zero-order valence-corrected chi connectivity index (χ0v) is 16.6. The third kappa shape index (κ3) is 4.49. The second-order valence-electron chi connectivity index (χ2n) is 7.53. The molecule has 2 aliphatic heterocycles. The normalized spacial score (nSPS) is 18.4. The van der Waals surface area contributed by atoms with Gasteiger partial charge in [-0.05, 0) is 33.1 Å². The Balaban J connectivity index is 1.49. The average molecular weight is 392 g/mol. The van der Waals surface area contributed by atoms with Crippen molar-refractivity contribution in [1.82, 2.24) is 24.5 Å².